The van der Waals surface area contributed by atoms with Gasteiger partial charge in [-0.05, 0) is 37.5 Å². The van der Waals surface area contributed by atoms with Gasteiger partial charge in [-0.15, -0.1) is 0 Å². The molecule has 1 aromatic carbocycles. The number of carbonyl (C=O) groups is 1. The van der Waals surface area contributed by atoms with Gasteiger partial charge < -0.3 is 24.1 Å². The molecule has 5 atom stereocenters. The maximum atomic E-state index is 14.6. The van der Waals surface area contributed by atoms with Gasteiger partial charge in [0.05, 0.1) is 12.2 Å². The van der Waals surface area contributed by atoms with E-state index in [1.165, 1.54) is 0 Å². The SMILES string of the molecule is O=C(Nc1cc(F)c(OC2CC3C[C@@H]3C2)c(F)c1)c1nc(N2CC3CCOC3C2)oc1CC(F)(F)F. The Morgan fingerprint density at radius 2 is 1.83 bits per heavy atom. The maximum Gasteiger partial charge on any atom is 0.396 e. The van der Waals surface area contributed by atoms with E-state index >= 15 is 0 Å². The second-order valence-corrected chi connectivity index (χ2v) is 10.1. The molecule has 6 rings (SSSR count). The minimum Gasteiger partial charge on any atom is -0.484 e. The van der Waals surface area contributed by atoms with Gasteiger partial charge >= 0.3 is 6.18 Å². The molecule has 1 aromatic heterocycles. The first kappa shape index (κ1) is 23.5. The largest absolute Gasteiger partial charge is 0.484 e. The van der Waals surface area contributed by atoms with Crippen LogP contribution in [0.2, 0.25) is 0 Å². The Labute approximate surface area is 202 Å². The summed E-state index contributed by atoms with van der Waals surface area (Å²) in [5.41, 5.74) is -0.866. The highest BCUT2D eigenvalue weighted by molar-refractivity contribution is 6.03. The highest BCUT2D eigenvalue weighted by Gasteiger charge is 2.47. The summed E-state index contributed by atoms with van der Waals surface area (Å²) in [6.45, 7) is 1.50. The Morgan fingerprint density at radius 1 is 1.11 bits per heavy atom. The van der Waals surface area contributed by atoms with Crippen LogP contribution in [-0.4, -0.2) is 49.0 Å². The first-order chi connectivity index (χ1) is 17.1. The fourth-order valence-electron chi connectivity index (χ4n) is 5.65. The molecule has 12 heteroatoms. The van der Waals surface area contributed by atoms with Crippen molar-refractivity contribution in [1.82, 2.24) is 4.98 Å². The van der Waals surface area contributed by atoms with Crippen LogP contribution in [0, 0.1) is 29.4 Å². The van der Waals surface area contributed by atoms with Crippen molar-refractivity contribution in [2.75, 3.05) is 29.9 Å². The van der Waals surface area contributed by atoms with Gasteiger partial charge in [0.2, 0.25) is 0 Å². The van der Waals surface area contributed by atoms with Crippen LogP contribution >= 0.6 is 0 Å². The van der Waals surface area contributed by atoms with Gasteiger partial charge in [-0.2, -0.15) is 18.2 Å². The van der Waals surface area contributed by atoms with Gasteiger partial charge in [0, 0.05) is 43.4 Å². The van der Waals surface area contributed by atoms with Crippen LogP contribution in [0.15, 0.2) is 16.5 Å². The van der Waals surface area contributed by atoms with E-state index in [0.717, 1.165) is 37.8 Å². The van der Waals surface area contributed by atoms with Crippen LogP contribution in [0.1, 0.15) is 41.9 Å². The normalized spacial score (nSPS) is 28.8. The fraction of sp³-hybridized carbons (Fsp3) is 0.583. The Hall–Kier alpha value is -2.89. The second-order valence-electron chi connectivity index (χ2n) is 10.1. The van der Waals surface area contributed by atoms with E-state index in [1.54, 1.807) is 4.90 Å². The van der Waals surface area contributed by atoms with Crippen LogP contribution in [0.4, 0.5) is 33.7 Å². The molecule has 2 aliphatic heterocycles. The van der Waals surface area contributed by atoms with Crippen LogP contribution in [0.5, 0.6) is 5.75 Å². The van der Waals surface area contributed by atoms with Gasteiger partial charge in [0.1, 0.15) is 12.2 Å². The first-order valence-electron chi connectivity index (χ1n) is 12.0. The lowest BCUT2D eigenvalue weighted by atomic mass is 10.1. The zero-order valence-corrected chi connectivity index (χ0v) is 19.1. The number of alkyl halides is 3. The molecule has 4 aliphatic rings. The Balaban J connectivity index is 1.20. The highest BCUT2D eigenvalue weighted by Crippen LogP contribution is 2.52. The van der Waals surface area contributed by atoms with E-state index in [9.17, 15) is 26.7 Å². The smallest absolute Gasteiger partial charge is 0.396 e. The molecule has 194 valence electrons. The van der Waals surface area contributed by atoms with E-state index in [2.05, 4.69) is 10.3 Å². The number of nitrogens with zero attached hydrogens (tertiary/aromatic N) is 2. The lowest BCUT2D eigenvalue weighted by molar-refractivity contribution is -0.130. The zero-order chi connectivity index (χ0) is 25.2. The Bertz CT molecular complexity index is 1140. The number of hydrogen-bond acceptors (Lipinski definition) is 6. The number of rotatable bonds is 6. The minimum atomic E-state index is -4.66. The lowest BCUT2D eigenvalue weighted by Gasteiger charge is -2.17. The number of anilines is 2. The van der Waals surface area contributed by atoms with E-state index in [0.29, 0.717) is 31.5 Å². The molecule has 1 N–H and O–H groups in total. The van der Waals surface area contributed by atoms with Gasteiger partial charge in [-0.3, -0.25) is 4.79 Å². The third-order valence-electron chi connectivity index (χ3n) is 7.48. The average molecular weight is 513 g/mol. The van der Waals surface area contributed by atoms with Crippen molar-refractivity contribution in [3.63, 3.8) is 0 Å². The Kier molecular flexibility index (Phi) is 5.62. The van der Waals surface area contributed by atoms with E-state index in [-0.39, 0.29) is 29.8 Å². The van der Waals surface area contributed by atoms with Crippen molar-refractivity contribution in [3.8, 4) is 5.75 Å². The molecule has 36 heavy (non-hydrogen) atoms. The van der Waals surface area contributed by atoms with E-state index < -0.39 is 47.3 Å². The van der Waals surface area contributed by atoms with Crippen LogP contribution in [0.3, 0.4) is 0 Å². The van der Waals surface area contributed by atoms with Crippen molar-refractivity contribution in [2.24, 2.45) is 17.8 Å². The highest BCUT2D eigenvalue weighted by atomic mass is 19.4. The standard InChI is InChI=1S/C24H24F5N3O4/c25-16-6-14(7-17(26)21(16)35-15-4-12-3-13(12)5-15)30-22(33)20-18(8-24(27,28)29)36-23(31-20)32-9-11-1-2-34-19(11)10-32/h6-7,11-13,15,19H,1-5,8-10H2,(H,30,33)/t11?,12-,13?,15?,19?/m1/s1. The fourth-order valence-corrected chi connectivity index (χ4v) is 5.65. The van der Waals surface area contributed by atoms with E-state index in [4.69, 9.17) is 13.9 Å². The summed E-state index contributed by atoms with van der Waals surface area (Å²) >= 11 is 0. The zero-order valence-electron chi connectivity index (χ0n) is 19.1. The average Bonchev–Trinajstić information content (AvgIpc) is 3.22. The molecule has 0 bridgehead atoms. The molecule has 2 saturated carbocycles. The number of oxazole rings is 1. The number of halogens is 5. The van der Waals surface area contributed by atoms with Crippen molar-refractivity contribution in [2.45, 2.75) is 50.5 Å². The second kappa shape index (κ2) is 8.60. The third-order valence-corrected chi connectivity index (χ3v) is 7.48. The number of fused-ring (bicyclic) bond motifs is 2. The summed E-state index contributed by atoms with van der Waals surface area (Å²) in [6, 6.07) is 1.62. The van der Waals surface area contributed by atoms with Crippen molar-refractivity contribution in [1.29, 1.82) is 0 Å². The summed E-state index contributed by atoms with van der Waals surface area (Å²) in [5.74, 6) is -2.95. The molecule has 0 radical (unpaired) electrons. The predicted octanol–water partition coefficient (Wildman–Crippen LogP) is 4.71. The topological polar surface area (TPSA) is 76.8 Å². The Morgan fingerprint density at radius 3 is 2.50 bits per heavy atom. The van der Waals surface area contributed by atoms with Gasteiger partial charge in [-0.1, -0.05) is 0 Å². The molecule has 4 fully saturated rings. The molecule has 0 spiro atoms. The molecular formula is C24H24F5N3O4. The number of amides is 1. The van der Waals surface area contributed by atoms with Crippen molar-refractivity contribution >= 4 is 17.6 Å². The summed E-state index contributed by atoms with van der Waals surface area (Å²) in [7, 11) is 0. The molecule has 2 saturated heterocycles. The molecule has 7 nitrogen and oxygen atoms in total. The van der Waals surface area contributed by atoms with Crippen LogP contribution < -0.4 is 15.0 Å². The van der Waals surface area contributed by atoms with Crippen molar-refractivity contribution in [3.05, 3.63) is 35.2 Å². The lowest BCUT2D eigenvalue weighted by Crippen LogP contribution is -2.23. The van der Waals surface area contributed by atoms with Crippen molar-refractivity contribution < 1.29 is 40.6 Å². The number of carbonyl (C=O) groups excluding carboxylic acids is 1. The minimum absolute atomic E-state index is 0.0676. The quantitative estimate of drug-likeness (QED) is 0.564. The molecular weight excluding hydrogens is 489 g/mol. The summed E-state index contributed by atoms with van der Waals surface area (Å²) in [6.07, 6.45) is -3.04. The molecule has 2 aromatic rings. The summed E-state index contributed by atoms with van der Waals surface area (Å²) in [5, 5.41) is 2.24. The molecule has 3 heterocycles. The van der Waals surface area contributed by atoms with Gasteiger partial charge in [-0.25, -0.2) is 8.78 Å². The molecule has 1 amide bonds. The van der Waals surface area contributed by atoms with Crippen LogP contribution in [-0.2, 0) is 11.2 Å². The molecule has 2 aliphatic carbocycles. The number of ether oxygens (including phenoxy) is 2. The predicted molar refractivity (Wildman–Crippen MR) is 116 cm³/mol. The van der Waals surface area contributed by atoms with E-state index in [1.807, 2.05) is 0 Å². The number of nitrogens with one attached hydrogen (secondary N) is 1. The molecule has 4 unspecified atom stereocenters. The maximum absolute atomic E-state index is 14.6. The number of aromatic nitrogens is 1. The number of hydrogen-bond donors (Lipinski definition) is 1. The van der Waals surface area contributed by atoms with Gasteiger partial charge in [0.15, 0.2) is 23.1 Å². The first-order valence-corrected chi connectivity index (χ1v) is 12.0. The van der Waals surface area contributed by atoms with Crippen LogP contribution in [0.25, 0.3) is 0 Å². The third kappa shape index (κ3) is 4.62. The van der Waals surface area contributed by atoms with Gasteiger partial charge in [0.25, 0.3) is 11.9 Å². The monoisotopic (exact) mass is 513 g/mol. The summed E-state index contributed by atoms with van der Waals surface area (Å²) in [4.78, 5) is 18.5. The number of benzene rings is 1. The summed E-state index contributed by atoms with van der Waals surface area (Å²) < 4.78 is 85.2.